The van der Waals surface area contributed by atoms with Gasteiger partial charge in [0, 0.05) is 43.9 Å². The summed E-state index contributed by atoms with van der Waals surface area (Å²) in [7, 11) is 0. The topological polar surface area (TPSA) is 77.8 Å². The van der Waals surface area contributed by atoms with Crippen LogP contribution >= 0.6 is 11.6 Å². The quantitative estimate of drug-likeness (QED) is 0.637. The molecule has 1 aliphatic rings. The minimum Gasteiger partial charge on any atom is -0.465 e. The van der Waals surface area contributed by atoms with Crippen LogP contribution in [0.15, 0.2) is 23.4 Å². The highest BCUT2D eigenvalue weighted by atomic mass is 35.5. The van der Waals surface area contributed by atoms with E-state index in [1.54, 1.807) is 18.3 Å². The standard InChI is InChI=1S/C11H13ClN4O2/c12-10-7-9(1-4-13-10)15-14-8-2-5-16(6-3-8)11(17)18/h1,4,7H,2-3,5-6H2,(H,13,15)(H,17,18). The summed E-state index contributed by atoms with van der Waals surface area (Å²) < 4.78 is 0. The van der Waals surface area contributed by atoms with E-state index in [2.05, 4.69) is 15.5 Å². The minimum absolute atomic E-state index is 0.404. The first-order chi connectivity index (χ1) is 8.65. The molecule has 2 heterocycles. The van der Waals surface area contributed by atoms with E-state index in [-0.39, 0.29) is 0 Å². The molecule has 0 bridgehead atoms. The van der Waals surface area contributed by atoms with Crippen LogP contribution in [0.1, 0.15) is 12.8 Å². The molecule has 0 unspecified atom stereocenters. The van der Waals surface area contributed by atoms with E-state index in [0.717, 1.165) is 11.4 Å². The van der Waals surface area contributed by atoms with E-state index in [1.165, 1.54) is 4.90 Å². The molecule has 96 valence electrons. The fraction of sp³-hybridized carbons (Fsp3) is 0.364. The van der Waals surface area contributed by atoms with E-state index in [0.29, 0.717) is 31.1 Å². The largest absolute Gasteiger partial charge is 0.465 e. The summed E-state index contributed by atoms with van der Waals surface area (Å²) in [6.07, 6.45) is 2.02. The van der Waals surface area contributed by atoms with Gasteiger partial charge in [0.15, 0.2) is 0 Å². The van der Waals surface area contributed by atoms with Crippen LogP contribution in [0.4, 0.5) is 10.5 Å². The van der Waals surface area contributed by atoms with E-state index >= 15 is 0 Å². The van der Waals surface area contributed by atoms with E-state index in [9.17, 15) is 4.79 Å². The van der Waals surface area contributed by atoms with Crippen molar-refractivity contribution in [2.75, 3.05) is 18.5 Å². The van der Waals surface area contributed by atoms with Gasteiger partial charge in [-0.2, -0.15) is 5.10 Å². The molecule has 2 N–H and O–H groups in total. The van der Waals surface area contributed by atoms with Gasteiger partial charge in [-0.25, -0.2) is 9.78 Å². The Morgan fingerprint density at radius 2 is 2.22 bits per heavy atom. The molecule has 1 aromatic rings. The van der Waals surface area contributed by atoms with Crippen molar-refractivity contribution in [3.05, 3.63) is 23.5 Å². The maximum absolute atomic E-state index is 10.7. The first-order valence-corrected chi connectivity index (χ1v) is 5.94. The van der Waals surface area contributed by atoms with Crippen LogP contribution in [-0.4, -0.2) is 39.9 Å². The molecule has 18 heavy (non-hydrogen) atoms. The maximum Gasteiger partial charge on any atom is 0.407 e. The highest BCUT2D eigenvalue weighted by Gasteiger charge is 2.18. The second-order valence-electron chi connectivity index (χ2n) is 3.93. The summed E-state index contributed by atoms with van der Waals surface area (Å²) in [6, 6.07) is 3.44. The summed E-state index contributed by atoms with van der Waals surface area (Å²) >= 11 is 5.75. The van der Waals surface area contributed by atoms with Gasteiger partial charge < -0.3 is 10.0 Å². The molecule has 0 atom stereocenters. The number of amides is 1. The Hall–Kier alpha value is -1.82. The first kappa shape index (κ1) is 12.6. The molecular formula is C11H13ClN4O2. The van der Waals surface area contributed by atoms with Crippen LogP contribution in [0.25, 0.3) is 0 Å². The lowest BCUT2D eigenvalue weighted by atomic mass is 10.1. The molecule has 6 nitrogen and oxygen atoms in total. The van der Waals surface area contributed by atoms with Gasteiger partial charge in [-0.15, -0.1) is 0 Å². The Morgan fingerprint density at radius 3 is 2.83 bits per heavy atom. The first-order valence-electron chi connectivity index (χ1n) is 5.56. The SMILES string of the molecule is O=C(O)N1CCC(=NNc2ccnc(Cl)c2)CC1. The Kier molecular flexibility index (Phi) is 3.99. The number of nitrogens with zero attached hydrogens (tertiary/aromatic N) is 3. The average Bonchev–Trinajstić information content (AvgIpc) is 2.37. The lowest BCUT2D eigenvalue weighted by Crippen LogP contribution is -2.37. The summed E-state index contributed by atoms with van der Waals surface area (Å²) in [5.74, 6) is 0. The summed E-state index contributed by atoms with van der Waals surface area (Å²) in [5.41, 5.74) is 4.62. The molecule has 1 aliphatic heterocycles. The van der Waals surface area contributed by atoms with Gasteiger partial charge in [-0.3, -0.25) is 5.43 Å². The average molecular weight is 269 g/mol. The third-order valence-electron chi connectivity index (χ3n) is 2.68. The zero-order valence-electron chi connectivity index (χ0n) is 9.64. The normalized spacial score (nSPS) is 15.4. The molecule has 0 spiro atoms. The second kappa shape index (κ2) is 5.68. The minimum atomic E-state index is -0.872. The second-order valence-corrected chi connectivity index (χ2v) is 4.31. The van der Waals surface area contributed by atoms with Crippen molar-refractivity contribution in [1.82, 2.24) is 9.88 Å². The number of halogens is 1. The Labute approximate surface area is 109 Å². The highest BCUT2D eigenvalue weighted by molar-refractivity contribution is 6.29. The molecule has 2 rings (SSSR count). The number of pyridine rings is 1. The predicted molar refractivity (Wildman–Crippen MR) is 69.1 cm³/mol. The van der Waals surface area contributed by atoms with Gasteiger partial charge in [-0.1, -0.05) is 11.6 Å². The Morgan fingerprint density at radius 1 is 1.50 bits per heavy atom. The Bertz CT molecular complexity index is 468. The maximum atomic E-state index is 10.7. The van der Waals surface area contributed by atoms with Crippen LogP contribution in [0.3, 0.4) is 0 Å². The number of likely N-dealkylation sites (tertiary alicyclic amines) is 1. The van der Waals surface area contributed by atoms with Gasteiger partial charge in [0.25, 0.3) is 0 Å². The number of nitrogens with one attached hydrogen (secondary N) is 1. The van der Waals surface area contributed by atoms with Crippen LogP contribution in [0, 0.1) is 0 Å². The van der Waals surface area contributed by atoms with Gasteiger partial charge in [-0.05, 0) is 6.07 Å². The molecule has 0 radical (unpaired) electrons. The molecule has 1 aromatic heterocycles. The van der Waals surface area contributed by atoms with Gasteiger partial charge >= 0.3 is 6.09 Å². The van der Waals surface area contributed by atoms with Crippen molar-refractivity contribution < 1.29 is 9.90 Å². The lowest BCUT2D eigenvalue weighted by molar-refractivity contribution is 0.145. The smallest absolute Gasteiger partial charge is 0.407 e. The fourth-order valence-corrected chi connectivity index (χ4v) is 1.86. The van der Waals surface area contributed by atoms with Crippen molar-refractivity contribution in [2.45, 2.75) is 12.8 Å². The van der Waals surface area contributed by atoms with Crippen molar-refractivity contribution in [1.29, 1.82) is 0 Å². The highest BCUT2D eigenvalue weighted by Crippen LogP contribution is 2.13. The number of carboxylic acid groups (broad SMARTS) is 1. The van der Waals surface area contributed by atoms with Crippen molar-refractivity contribution in [2.24, 2.45) is 5.10 Å². The molecule has 1 saturated heterocycles. The molecule has 0 aliphatic carbocycles. The van der Waals surface area contributed by atoms with Crippen LogP contribution in [-0.2, 0) is 0 Å². The number of carbonyl (C=O) groups is 1. The number of hydrazone groups is 1. The van der Waals surface area contributed by atoms with E-state index in [4.69, 9.17) is 16.7 Å². The van der Waals surface area contributed by atoms with Crippen LogP contribution in [0.2, 0.25) is 5.15 Å². The van der Waals surface area contributed by atoms with Crippen molar-refractivity contribution in [3.63, 3.8) is 0 Å². The third-order valence-corrected chi connectivity index (χ3v) is 2.89. The molecule has 1 fully saturated rings. The van der Waals surface area contributed by atoms with Gasteiger partial charge in [0.2, 0.25) is 0 Å². The number of hydrogen-bond acceptors (Lipinski definition) is 4. The van der Waals surface area contributed by atoms with E-state index < -0.39 is 6.09 Å². The number of anilines is 1. The summed E-state index contributed by atoms with van der Waals surface area (Å²) in [5, 5.41) is 13.5. The van der Waals surface area contributed by atoms with Crippen LogP contribution < -0.4 is 5.43 Å². The summed E-state index contributed by atoms with van der Waals surface area (Å²) in [4.78, 5) is 16.0. The van der Waals surface area contributed by atoms with Crippen molar-refractivity contribution >= 4 is 29.1 Å². The molecular weight excluding hydrogens is 256 g/mol. The van der Waals surface area contributed by atoms with E-state index in [1.807, 2.05) is 0 Å². The predicted octanol–water partition coefficient (Wildman–Crippen LogP) is 2.28. The third kappa shape index (κ3) is 3.33. The zero-order chi connectivity index (χ0) is 13.0. The van der Waals surface area contributed by atoms with Crippen LogP contribution in [0.5, 0.6) is 0 Å². The number of rotatable bonds is 2. The zero-order valence-corrected chi connectivity index (χ0v) is 10.4. The number of hydrogen-bond donors (Lipinski definition) is 2. The summed E-state index contributed by atoms with van der Waals surface area (Å²) in [6.45, 7) is 0.986. The lowest BCUT2D eigenvalue weighted by Gasteiger charge is -2.24. The van der Waals surface area contributed by atoms with Crippen molar-refractivity contribution in [3.8, 4) is 0 Å². The molecule has 0 aromatic carbocycles. The molecule has 7 heteroatoms. The fourth-order valence-electron chi connectivity index (χ4n) is 1.68. The number of piperidine rings is 1. The number of aromatic nitrogens is 1. The molecule has 1 amide bonds. The monoisotopic (exact) mass is 268 g/mol. The Balaban J connectivity index is 1.90. The van der Waals surface area contributed by atoms with Gasteiger partial charge in [0.1, 0.15) is 5.15 Å². The van der Waals surface area contributed by atoms with Gasteiger partial charge in [0.05, 0.1) is 5.69 Å². The molecule has 0 saturated carbocycles.